The predicted octanol–water partition coefficient (Wildman–Crippen LogP) is 3.56. The first-order valence-electron chi connectivity index (χ1n) is 9.69. The fourth-order valence-electron chi connectivity index (χ4n) is 4.02. The third-order valence-electron chi connectivity index (χ3n) is 6.06. The number of aromatic amines is 1. The van der Waals surface area contributed by atoms with E-state index in [0.717, 1.165) is 31.3 Å². The SMILES string of the molecule is C[C@@H](Nc1nnc(-c2cc3cccc(F)c3[nH]2)o1)C(=O)N1CCC2(CC1)CC2. The van der Waals surface area contributed by atoms with Crippen molar-refractivity contribution in [2.75, 3.05) is 18.4 Å². The number of likely N-dealkylation sites (tertiary alicyclic amines) is 1. The van der Waals surface area contributed by atoms with Crippen LogP contribution in [-0.4, -0.2) is 45.1 Å². The number of aromatic nitrogens is 3. The second kappa shape index (κ2) is 6.32. The minimum atomic E-state index is -0.457. The van der Waals surface area contributed by atoms with Crippen LogP contribution in [0.2, 0.25) is 0 Å². The molecule has 5 rings (SSSR count). The predicted molar refractivity (Wildman–Crippen MR) is 102 cm³/mol. The summed E-state index contributed by atoms with van der Waals surface area (Å²) in [6.07, 6.45) is 4.83. The lowest BCUT2D eigenvalue weighted by atomic mass is 9.93. The van der Waals surface area contributed by atoms with E-state index in [4.69, 9.17) is 4.42 Å². The standard InChI is InChI=1S/C20H22FN5O2/c1-12(18(27)26-9-7-20(5-6-20)8-10-26)22-19-25-24-17(28-19)15-11-13-3-2-4-14(21)16(13)23-15/h2-4,11-12,23H,5-10H2,1H3,(H,22,25)/t12-/m1/s1. The van der Waals surface area contributed by atoms with Crippen LogP contribution in [0.5, 0.6) is 0 Å². The Labute approximate surface area is 161 Å². The number of nitrogens with zero attached hydrogens (tertiary/aromatic N) is 3. The van der Waals surface area contributed by atoms with Crippen molar-refractivity contribution in [2.45, 2.75) is 38.6 Å². The molecule has 8 heteroatoms. The van der Waals surface area contributed by atoms with Crippen molar-refractivity contribution >= 4 is 22.8 Å². The third kappa shape index (κ3) is 3.02. The number of amides is 1. The molecular formula is C20H22FN5O2. The molecule has 1 aliphatic carbocycles. The van der Waals surface area contributed by atoms with Gasteiger partial charge in [0.15, 0.2) is 0 Å². The molecule has 3 heterocycles. The number of benzene rings is 1. The first-order valence-corrected chi connectivity index (χ1v) is 9.69. The monoisotopic (exact) mass is 383 g/mol. The number of fused-ring (bicyclic) bond motifs is 1. The van der Waals surface area contributed by atoms with E-state index < -0.39 is 6.04 Å². The number of halogens is 1. The Morgan fingerprint density at radius 2 is 2.07 bits per heavy atom. The molecule has 3 aromatic rings. The number of carbonyl (C=O) groups excluding carboxylic acids is 1. The van der Waals surface area contributed by atoms with Crippen LogP contribution < -0.4 is 5.32 Å². The van der Waals surface area contributed by atoms with Crippen molar-refractivity contribution in [3.63, 3.8) is 0 Å². The maximum atomic E-state index is 13.9. The molecule has 1 atom stereocenters. The number of nitrogens with one attached hydrogen (secondary N) is 2. The molecule has 28 heavy (non-hydrogen) atoms. The van der Waals surface area contributed by atoms with Crippen LogP contribution in [0.25, 0.3) is 22.5 Å². The highest BCUT2D eigenvalue weighted by Gasteiger charge is 2.45. The van der Waals surface area contributed by atoms with Gasteiger partial charge in [-0.05, 0) is 50.2 Å². The summed E-state index contributed by atoms with van der Waals surface area (Å²) in [5.74, 6) is -0.0512. The van der Waals surface area contributed by atoms with Gasteiger partial charge < -0.3 is 19.6 Å². The van der Waals surface area contributed by atoms with E-state index >= 15 is 0 Å². The maximum Gasteiger partial charge on any atom is 0.316 e. The number of rotatable bonds is 4. The largest absolute Gasteiger partial charge is 0.402 e. The molecule has 0 radical (unpaired) electrons. The minimum absolute atomic E-state index is 0.0444. The van der Waals surface area contributed by atoms with E-state index in [0.29, 0.717) is 16.6 Å². The van der Waals surface area contributed by atoms with Gasteiger partial charge in [-0.1, -0.05) is 17.2 Å². The molecule has 2 aromatic heterocycles. The Bertz CT molecular complexity index is 1030. The molecule has 1 spiro atoms. The van der Waals surface area contributed by atoms with Crippen LogP contribution in [0.3, 0.4) is 0 Å². The van der Waals surface area contributed by atoms with Crippen molar-refractivity contribution in [1.29, 1.82) is 0 Å². The van der Waals surface area contributed by atoms with E-state index in [9.17, 15) is 9.18 Å². The quantitative estimate of drug-likeness (QED) is 0.719. The van der Waals surface area contributed by atoms with E-state index in [-0.39, 0.29) is 23.6 Å². The highest BCUT2D eigenvalue weighted by molar-refractivity contribution is 5.85. The van der Waals surface area contributed by atoms with E-state index in [2.05, 4.69) is 20.5 Å². The van der Waals surface area contributed by atoms with Crippen molar-refractivity contribution in [3.8, 4) is 11.6 Å². The van der Waals surface area contributed by atoms with Gasteiger partial charge in [0.25, 0.3) is 5.89 Å². The molecule has 1 saturated carbocycles. The van der Waals surface area contributed by atoms with Gasteiger partial charge in [0, 0.05) is 18.5 Å². The molecule has 1 amide bonds. The zero-order valence-corrected chi connectivity index (χ0v) is 15.7. The second-order valence-corrected chi connectivity index (χ2v) is 7.99. The number of H-pyrrole nitrogens is 1. The lowest BCUT2D eigenvalue weighted by Crippen LogP contribution is -2.45. The molecule has 2 fully saturated rings. The lowest BCUT2D eigenvalue weighted by Gasteiger charge is -2.33. The highest BCUT2D eigenvalue weighted by atomic mass is 19.1. The van der Waals surface area contributed by atoms with Gasteiger partial charge in [-0.15, -0.1) is 5.10 Å². The normalized spacial score (nSPS) is 19.1. The summed E-state index contributed by atoms with van der Waals surface area (Å²) in [5.41, 5.74) is 1.46. The molecule has 0 unspecified atom stereocenters. The van der Waals surface area contributed by atoms with E-state index in [1.54, 1.807) is 25.1 Å². The Kier molecular flexibility index (Phi) is 3.89. The molecule has 0 bridgehead atoms. The molecule has 146 valence electrons. The third-order valence-corrected chi connectivity index (χ3v) is 6.06. The molecule has 1 aromatic carbocycles. The Morgan fingerprint density at radius 1 is 1.29 bits per heavy atom. The first kappa shape index (κ1) is 17.2. The van der Waals surface area contributed by atoms with Crippen molar-refractivity contribution in [2.24, 2.45) is 5.41 Å². The summed E-state index contributed by atoms with van der Waals surface area (Å²) >= 11 is 0. The molecule has 2 aliphatic rings. The van der Waals surface area contributed by atoms with Crippen LogP contribution >= 0.6 is 0 Å². The number of para-hydroxylation sites is 1. The number of carbonyl (C=O) groups is 1. The summed E-state index contributed by atoms with van der Waals surface area (Å²) in [6.45, 7) is 3.44. The van der Waals surface area contributed by atoms with Gasteiger partial charge >= 0.3 is 6.01 Å². The summed E-state index contributed by atoms with van der Waals surface area (Å²) < 4.78 is 19.5. The van der Waals surface area contributed by atoms with Crippen molar-refractivity contribution < 1.29 is 13.6 Å². The van der Waals surface area contributed by atoms with E-state index in [1.165, 1.54) is 18.9 Å². The summed E-state index contributed by atoms with van der Waals surface area (Å²) in [6, 6.07) is 6.31. The van der Waals surface area contributed by atoms with Crippen molar-refractivity contribution in [1.82, 2.24) is 20.1 Å². The topological polar surface area (TPSA) is 87.0 Å². The van der Waals surface area contributed by atoms with Crippen molar-refractivity contribution in [3.05, 3.63) is 30.1 Å². The van der Waals surface area contributed by atoms with Crippen LogP contribution in [-0.2, 0) is 4.79 Å². The van der Waals surface area contributed by atoms with Gasteiger partial charge in [0.05, 0.1) is 5.52 Å². The second-order valence-electron chi connectivity index (χ2n) is 7.99. The van der Waals surface area contributed by atoms with Crippen LogP contribution in [0.1, 0.15) is 32.6 Å². The number of hydrogen-bond donors (Lipinski definition) is 2. The fraction of sp³-hybridized carbons (Fsp3) is 0.450. The zero-order valence-electron chi connectivity index (χ0n) is 15.7. The minimum Gasteiger partial charge on any atom is -0.402 e. The van der Waals surface area contributed by atoms with Gasteiger partial charge in [0.1, 0.15) is 17.6 Å². The molecule has 1 saturated heterocycles. The van der Waals surface area contributed by atoms with Crippen LogP contribution in [0.15, 0.2) is 28.7 Å². The van der Waals surface area contributed by atoms with Gasteiger partial charge in [-0.25, -0.2) is 4.39 Å². The lowest BCUT2D eigenvalue weighted by molar-refractivity contribution is -0.133. The average Bonchev–Trinajstić information content (AvgIpc) is 3.09. The molecule has 7 nitrogen and oxygen atoms in total. The highest BCUT2D eigenvalue weighted by Crippen LogP contribution is 2.53. The molecule has 2 N–H and O–H groups in total. The number of piperidine rings is 1. The number of anilines is 1. The smallest absolute Gasteiger partial charge is 0.316 e. The summed E-state index contributed by atoms with van der Waals surface area (Å²) in [4.78, 5) is 17.6. The van der Waals surface area contributed by atoms with Gasteiger partial charge in [0.2, 0.25) is 5.91 Å². The summed E-state index contributed by atoms with van der Waals surface area (Å²) in [7, 11) is 0. The Hall–Kier alpha value is -2.90. The van der Waals surface area contributed by atoms with Gasteiger partial charge in [-0.3, -0.25) is 4.79 Å². The average molecular weight is 383 g/mol. The van der Waals surface area contributed by atoms with Gasteiger partial charge in [-0.2, -0.15) is 0 Å². The maximum absolute atomic E-state index is 13.9. The fourth-order valence-corrected chi connectivity index (χ4v) is 4.02. The Balaban J connectivity index is 1.26. The van der Waals surface area contributed by atoms with Crippen LogP contribution in [0.4, 0.5) is 10.4 Å². The van der Waals surface area contributed by atoms with E-state index in [1.807, 2.05) is 4.90 Å². The first-order chi connectivity index (χ1) is 13.5. The Morgan fingerprint density at radius 3 is 2.79 bits per heavy atom. The molecular weight excluding hydrogens is 361 g/mol. The molecule has 1 aliphatic heterocycles. The zero-order chi connectivity index (χ0) is 19.3. The number of hydrogen-bond acceptors (Lipinski definition) is 5. The summed E-state index contributed by atoms with van der Waals surface area (Å²) in [5, 5.41) is 11.7. The van der Waals surface area contributed by atoms with Crippen LogP contribution in [0, 0.1) is 11.2 Å².